The molecule has 0 N–H and O–H groups in total. The molecule has 1 aliphatic heterocycles. The highest BCUT2D eigenvalue weighted by atomic mass is 16.5. The molecule has 3 nitrogen and oxygen atoms in total. The lowest BCUT2D eigenvalue weighted by Gasteiger charge is -2.23. The van der Waals surface area contributed by atoms with Gasteiger partial charge in [0, 0.05) is 12.2 Å². The second-order valence-corrected chi connectivity index (χ2v) is 4.58. The Bertz CT molecular complexity index is 662. The Morgan fingerprint density at radius 3 is 2.50 bits per heavy atom. The molecule has 0 fully saturated rings. The SMILES string of the molecule is CCOC1C(=O)c2ccccc2N=C1c1ccccc1. The summed E-state index contributed by atoms with van der Waals surface area (Å²) in [5.41, 5.74) is 2.96. The number of para-hydroxylation sites is 1. The van der Waals surface area contributed by atoms with Crippen molar-refractivity contribution in [2.75, 3.05) is 6.61 Å². The topological polar surface area (TPSA) is 38.7 Å². The third-order valence-corrected chi connectivity index (χ3v) is 3.30. The lowest BCUT2D eigenvalue weighted by Crippen LogP contribution is -2.36. The Balaban J connectivity index is 2.14. The third-order valence-electron chi connectivity index (χ3n) is 3.30. The first-order chi connectivity index (χ1) is 9.81. The van der Waals surface area contributed by atoms with E-state index in [0.29, 0.717) is 23.6 Å². The molecule has 100 valence electrons. The number of fused-ring (bicyclic) bond motifs is 1. The fourth-order valence-electron chi connectivity index (χ4n) is 2.38. The van der Waals surface area contributed by atoms with Crippen molar-refractivity contribution in [2.45, 2.75) is 13.0 Å². The minimum atomic E-state index is -0.614. The number of nitrogens with zero attached hydrogens (tertiary/aromatic N) is 1. The Hall–Kier alpha value is -2.26. The summed E-state index contributed by atoms with van der Waals surface area (Å²) in [6, 6.07) is 17.1. The van der Waals surface area contributed by atoms with Crippen LogP contribution < -0.4 is 0 Å². The number of carbonyl (C=O) groups is 1. The molecule has 2 aromatic carbocycles. The summed E-state index contributed by atoms with van der Waals surface area (Å²) in [6.07, 6.45) is -0.614. The van der Waals surface area contributed by atoms with Crippen LogP contribution in [0.5, 0.6) is 0 Å². The summed E-state index contributed by atoms with van der Waals surface area (Å²) in [5, 5.41) is 0. The van der Waals surface area contributed by atoms with Crippen molar-refractivity contribution in [3.63, 3.8) is 0 Å². The predicted octanol–water partition coefficient (Wildman–Crippen LogP) is 3.41. The second-order valence-electron chi connectivity index (χ2n) is 4.58. The van der Waals surface area contributed by atoms with E-state index >= 15 is 0 Å². The minimum Gasteiger partial charge on any atom is -0.364 e. The molecule has 20 heavy (non-hydrogen) atoms. The van der Waals surface area contributed by atoms with E-state index in [0.717, 1.165) is 5.56 Å². The first kappa shape index (κ1) is 12.8. The van der Waals surface area contributed by atoms with Crippen LogP contribution in [0.25, 0.3) is 0 Å². The fraction of sp³-hybridized carbons (Fsp3) is 0.176. The maximum Gasteiger partial charge on any atom is 0.199 e. The van der Waals surface area contributed by atoms with Gasteiger partial charge in [-0.3, -0.25) is 4.79 Å². The standard InChI is InChI=1S/C17H15NO2/c1-2-20-17-15(12-8-4-3-5-9-12)18-14-11-7-6-10-13(14)16(17)19/h3-11,17H,2H2,1H3. The average Bonchev–Trinajstić information content (AvgIpc) is 2.51. The predicted molar refractivity (Wildman–Crippen MR) is 78.8 cm³/mol. The van der Waals surface area contributed by atoms with E-state index in [2.05, 4.69) is 4.99 Å². The Labute approximate surface area is 117 Å². The maximum absolute atomic E-state index is 12.6. The molecule has 1 aliphatic rings. The van der Waals surface area contributed by atoms with Gasteiger partial charge in [-0.15, -0.1) is 0 Å². The largest absolute Gasteiger partial charge is 0.364 e. The van der Waals surface area contributed by atoms with Crippen molar-refractivity contribution < 1.29 is 9.53 Å². The number of Topliss-reactive ketones (excluding diaryl/α,β-unsaturated/α-hetero) is 1. The van der Waals surface area contributed by atoms with Gasteiger partial charge in [0.2, 0.25) is 0 Å². The zero-order valence-electron chi connectivity index (χ0n) is 11.2. The fourth-order valence-corrected chi connectivity index (χ4v) is 2.38. The van der Waals surface area contributed by atoms with Gasteiger partial charge in [0.25, 0.3) is 0 Å². The van der Waals surface area contributed by atoms with E-state index < -0.39 is 6.10 Å². The van der Waals surface area contributed by atoms with Crippen LogP contribution in [0.2, 0.25) is 0 Å². The minimum absolute atomic E-state index is 0.0173. The normalized spacial score (nSPS) is 17.6. The van der Waals surface area contributed by atoms with E-state index in [1.54, 1.807) is 6.07 Å². The molecule has 0 aromatic heterocycles. The van der Waals surface area contributed by atoms with Gasteiger partial charge in [-0.1, -0.05) is 42.5 Å². The summed E-state index contributed by atoms with van der Waals surface area (Å²) in [7, 11) is 0. The molecule has 0 aliphatic carbocycles. The molecular formula is C17H15NO2. The number of hydrogen-bond donors (Lipinski definition) is 0. The van der Waals surface area contributed by atoms with Crippen molar-refractivity contribution in [2.24, 2.45) is 4.99 Å². The summed E-state index contributed by atoms with van der Waals surface area (Å²) in [5.74, 6) is -0.0173. The van der Waals surface area contributed by atoms with Crippen molar-refractivity contribution in [3.05, 3.63) is 65.7 Å². The van der Waals surface area contributed by atoms with Crippen LogP contribution >= 0.6 is 0 Å². The molecule has 0 amide bonds. The van der Waals surface area contributed by atoms with Crippen LogP contribution in [0, 0.1) is 0 Å². The molecule has 2 aromatic rings. The molecule has 3 rings (SSSR count). The van der Waals surface area contributed by atoms with Crippen LogP contribution in [0.15, 0.2) is 59.6 Å². The zero-order chi connectivity index (χ0) is 13.9. The van der Waals surface area contributed by atoms with Crippen molar-refractivity contribution in [1.82, 2.24) is 0 Å². The van der Waals surface area contributed by atoms with E-state index in [4.69, 9.17) is 4.74 Å². The lowest BCUT2D eigenvalue weighted by molar-refractivity contribution is 0.0653. The van der Waals surface area contributed by atoms with Gasteiger partial charge in [0.1, 0.15) is 0 Å². The monoisotopic (exact) mass is 265 g/mol. The van der Waals surface area contributed by atoms with Gasteiger partial charge in [0.05, 0.1) is 11.4 Å². The zero-order valence-corrected chi connectivity index (χ0v) is 11.2. The average molecular weight is 265 g/mol. The van der Waals surface area contributed by atoms with Gasteiger partial charge >= 0.3 is 0 Å². The highest BCUT2D eigenvalue weighted by molar-refractivity contribution is 6.25. The summed E-state index contributed by atoms with van der Waals surface area (Å²) < 4.78 is 5.64. The molecular weight excluding hydrogens is 250 g/mol. The van der Waals surface area contributed by atoms with Gasteiger partial charge in [0.15, 0.2) is 11.9 Å². The van der Waals surface area contributed by atoms with E-state index in [9.17, 15) is 4.79 Å². The number of ketones is 1. The van der Waals surface area contributed by atoms with E-state index in [-0.39, 0.29) is 5.78 Å². The number of rotatable bonds is 3. The summed E-state index contributed by atoms with van der Waals surface area (Å²) >= 11 is 0. The smallest absolute Gasteiger partial charge is 0.199 e. The van der Waals surface area contributed by atoms with Crippen LogP contribution in [0.3, 0.4) is 0 Å². The first-order valence-corrected chi connectivity index (χ1v) is 6.70. The molecule has 0 bridgehead atoms. The van der Waals surface area contributed by atoms with Gasteiger partial charge in [-0.25, -0.2) is 4.99 Å². The second kappa shape index (κ2) is 5.39. The number of hydrogen-bond acceptors (Lipinski definition) is 3. The van der Waals surface area contributed by atoms with E-state index in [1.165, 1.54) is 0 Å². The lowest BCUT2D eigenvalue weighted by atomic mass is 9.93. The molecule has 0 saturated heterocycles. The molecule has 1 heterocycles. The van der Waals surface area contributed by atoms with Crippen LogP contribution in [0.4, 0.5) is 5.69 Å². The van der Waals surface area contributed by atoms with Gasteiger partial charge < -0.3 is 4.74 Å². The summed E-state index contributed by atoms with van der Waals surface area (Å²) in [4.78, 5) is 17.2. The molecule has 1 unspecified atom stereocenters. The van der Waals surface area contributed by atoms with Gasteiger partial charge in [-0.2, -0.15) is 0 Å². The van der Waals surface area contributed by atoms with Crippen molar-refractivity contribution in [3.8, 4) is 0 Å². The highest BCUT2D eigenvalue weighted by Crippen LogP contribution is 2.29. The Morgan fingerprint density at radius 2 is 1.75 bits per heavy atom. The van der Waals surface area contributed by atoms with Crippen LogP contribution in [-0.2, 0) is 4.74 Å². The number of aliphatic imine (C=N–C) groups is 1. The molecule has 0 saturated carbocycles. The van der Waals surface area contributed by atoms with Crippen molar-refractivity contribution in [1.29, 1.82) is 0 Å². The van der Waals surface area contributed by atoms with Crippen molar-refractivity contribution >= 4 is 17.2 Å². The molecule has 0 spiro atoms. The maximum atomic E-state index is 12.6. The quantitative estimate of drug-likeness (QED) is 0.853. The molecule has 1 atom stereocenters. The van der Waals surface area contributed by atoms with Gasteiger partial charge in [-0.05, 0) is 24.6 Å². The number of carbonyl (C=O) groups excluding carboxylic acids is 1. The summed E-state index contributed by atoms with van der Waals surface area (Å²) in [6.45, 7) is 2.36. The molecule has 0 radical (unpaired) electrons. The first-order valence-electron chi connectivity index (χ1n) is 6.70. The Morgan fingerprint density at radius 1 is 1.05 bits per heavy atom. The number of benzene rings is 2. The Kier molecular flexibility index (Phi) is 3.44. The van der Waals surface area contributed by atoms with Crippen LogP contribution in [0.1, 0.15) is 22.8 Å². The highest BCUT2D eigenvalue weighted by Gasteiger charge is 2.32. The third kappa shape index (κ3) is 2.17. The number of ether oxygens (including phenoxy) is 1. The van der Waals surface area contributed by atoms with E-state index in [1.807, 2.05) is 55.5 Å². The molecule has 3 heteroatoms. The van der Waals surface area contributed by atoms with Crippen LogP contribution in [-0.4, -0.2) is 24.2 Å².